The Morgan fingerprint density at radius 1 is 0.865 bits per heavy atom. The van der Waals surface area contributed by atoms with Crippen molar-refractivity contribution < 1.29 is 52.0 Å². The normalized spacial score (nSPS) is 12.1. The number of anilines is 2. The van der Waals surface area contributed by atoms with Crippen molar-refractivity contribution in [2.75, 3.05) is 70.5 Å². The van der Waals surface area contributed by atoms with Gasteiger partial charge in [0, 0.05) is 78.3 Å². The number of hydrogen-bond acceptors (Lipinski definition) is 19. The molecule has 9 aromatic rings. The van der Waals surface area contributed by atoms with Gasteiger partial charge in [0.15, 0.2) is 5.82 Å². The highest BCUT2D eigenvalue weighted by Gasteiger charge is 2.24. The molecule has 0 bridgehead atoms. The Morgan fingerprint density at radius 2 is 1.63 bits per heavy atom. The highest BCUT2D eigenvalue weighted by molar-refractivity contribution is 6.35. The van der Waals surface area contributed by atoms with Crippen molar-refractivity contribution in [2.24, 2.45) is 0 Å². The van der Waals surface area contributed by atoms with Crippen molar-refractivity contribution in [1.82, 2.24) is 60.1 Å². The number of carbonyl (C=O) groups excluding carboxylic acids is 2. The van der Waals surface area contributed by atoms with Gasteiger partial charge in [-0.05, 0) is 99.7 Å². The first-order valence-electron chi connectivity index (χ1n) is 28.6. The number of aliphatic carboxylic acids is 1. The summed E-state index contributed by atoms with van der Waals surface area (Å²) in [7, 11) is 0. The lowest BCUT2D eigenvalue weighted by atomic mass is 10.0. The molecule has 28 heteroatoms. The number of aromatic amines is 1. The third-order valence-corrected chi connectivity index (χ3v) is 14.6. The minimum absolute atomic E-state index is 0.0402. The fourth-order valence-corrected chi connectivity index (χ4v) is 9.71. The van der Waals surface area contributed by atoms with E-state index in [2.05, 4.69) is 56.2 Å². The quantitative estimate of drug-likeness (QED) is 0.0218. The Kier molecular flexibility index (Phi) is 22.1. The number of amides is 2. The molecule has 0 spiro atoms. The number of nitrogen functional groups attached to an aromatic ring is 1. The predicted octanol–water partition coefficient (Wildman–Crippen LogP) is 7.38. The molecule has 0 aliphatic heterocycles. The third kappa shape index (κ3) is 17.4. The molecule has 0 saturated heterocycles. The monoisotopic (exact) mass is 1240 g/mol. The summed E-state index contributed by atoms with van der Waals surface area (Å²) < 4.78 is 62.1. The molecule has 0 unspecified atom stereocenters. The van der Waals surface area contributed by atoms with Gasteiger partial charge in [0.05, 0.1) is 116 Å². The zero-order valence-electron chi connectivity index (χ0n) is 48.6. The van der Waals surface area contributed by atoms with Gasteiger partial charge in [-0.25, -0.2) is 38.5 Å². The minimum Gasteiger partial charge on any atom is -0.480 e. The topological polar surface area (TPSA) is 336 Å². The number of ether oxygens (including phenoxy) is 5. The number of hydrogen-bond donors (Lipinski definition) is 6. The summed E-state index contributed by atoms with van der Waals surface area (Å²) in [6.07, 6.45) is 8.62. The Bertz CT molecular complexity index is 4070. The maximum absolute atomic E-state index is 15.5. The second-order valence-corrected chi connectivity index (χ2v) is 21.0. The number of nitrogens with zero attached hydrogens (tertiary/aromatic N) is 10. The average Bonchev–Trinajstić information content (AvgIpc) is 2.39. The lowest BCUT2D eigenvalue weighted by Crippen LogP contribution is -2.41. The van der Waals surface area contributed by atoms with Gasteiger partial charge in [-0.1, -0.05) is 22.9 Å². The molecule has 9 rings (SSSR count). The van der Waals surface area contributed by atoms with Gasteiger partial charge in [0.2, 0.25) is 11.9 Å². The first-order chi connectivity index (χ1) is 43.1. The Hall–Kier alpha value is -9.59. The number of pyridine rings is 2. The summed E-state index contributed by atoms with van der Waals surface area (Å²) in [6.45, 7) is 7.51. The van der Waals surface area contributed by atoms with E-state index in [1.165, 1.54) is 36.7 Å². The molecule has 0 fully saturated rings. The number of aromatic nitrogens is 10. The van der Waals surface area contributed by atoms with Crippen LogP contribution in [0.4, 0.5) is 20.4 Å². The number of H-pyrrole nitrogens is 1. The standard InChI is InChI=1S/C61H64ClF2N15O10/c1-36(44-26-38(30-65)6-9-46(44)63)71-56-53(62)37(2)70-50-29-47(64)54(74-55(50)56)42-31-68-61(69-32-42)89-18-5-3-4-16-79-34-43(76-77-79)35-88-25-24-87-23-22-86-21-20-85-19-15-67-52(80)13-11-49(59(83)84)72-57(81)41-8-12-51-40(28-41)14-17-78(51)33-39-7-10-48-45(27-39)58(82)75-60(66)73-48/h6-10,12,14,17,26-29,31-32,34,36,49H,3-5,11,13,15-16,18-25,33,35H2,1-2H3,(H,67,80)(H,70,71)(H,72,81)(H,83,84)(H3,66,73,75,82)/t36-,49+/m1/s1. The van der Waals surface area contributed by atoms with Crippen LogP contribution >= 0.6 is 11.6 Å². The highest BCUT2D eigenvalue weighted by atomic mass is 35.5. The van der Waals surface area contributed by atoms with Crippen LogP contribution < -0.4 is 32.0 Å². The molecule has 7 N–H and O–H groups in total. The number of nitriles is 1. The number of carbonyl (C=O) groups is 3. The number of carboxylic acid groups (broad SMARTS) is 1. The number of nitrogens with one attached hydrogen (secondary N) is 4. The molecular formula is C61H64ClF2N15O10. The van der Waals surface area contributed by atoms with Crippen molar-refractivity contribution in [3.8, 4) is 23.3 Å². The number of rotatable bonds is 33. The van der Waals surface area contributed by atoms with E-state index < -0.39 is 35.6 Å². The molecule has 464 valence electrons. The SMILES string of the molecule is Cc1nc2cc(F)c(-c3cnc(OCCCCCn4cc(COCCOCCOCCOCCNC(=O)CC[C@H](NC(=O)c5ccc6c(ccn6Cc6ccc7nc(N)[nH]c(=O)c7c6)c5)C(=O)O)nn4)nc3)nc2c(N[C@H](C)c2cc(C#N)ccc2F)c1Cl. The van der Waals surface area contributed by atoms with Gasteiger partial charge in [-0.2, -0.15) is 5.26 Å². The Morgan fingerprint density at radius 3 is 2.39 bits per heavy atom. The minimum atomic E-state index is -1.29. The van der Waals surface area contributed by atoms with Gasteiger partial charge >= 0.3 is 12.0 Å². The van der Waals surface area contributed by atoms with Crippen molar-refractivity contribution in [3.63, 3.8) is 0 Å². The van der Waals surface area contributed by atoms with Crippen molar-refractivity contribution >= 4 is 73.9 Å². The first kappa shape index (κ1) is 63.9. The van der Waals surface area contributed by atoms with Crippen LogP contribution in [0, 0.1) is 29.9 Å². The molecule has 6 heterocycles. The number of aryl methyl sites for hydroxylation is 2. The molecule has 0 saturated carbocycles. The summed E-state index contributed by atoms with van der Waals surface area (Å²) in [4.78, 5) is 74.2. The van der Waals surface area contributed by atoms with Crippen LogP contribution in [0.3, 0.4) is 0 Å². The summed E-state index contributed by atoms with van der Waals surface area (Å²) in [5.74, 6) is -3.36. The molecule has 25 nitrogen and oxygen atoms in total. The maximum Gasteiger partial charge on any atom is 0.326 e. The fraction of sp³-hybridized carbons (Fsp3) is 0.344. The van der Waals surface area contributed by atoms with Crippen molar-refractivity contribution in [3.05, 3.63) is 152 Å². The predicted molar refractivity (Wildman–Crippen MR) is 324 cm³/mol. The molecule has 0 radical (unpaired) electrons. The van der Waals surface area contributed by atoms with Crippen molar-refractivity contribution in [1.29, 1.82) is 5.26 Å². The highest BCUT2D eigenvalue weighted by Crippen LogP contribution is 2.37. The molecule has 89 heavy (non-hydrogen) atoms. The maximum atomic E-state index is 15.5. The van der Waals surface area contributed by atoms with Crippen LogP contribution in [0.1, 0.15) is 83.5 Å². The van der Waals surface area contributed by atoms with Gasteiger partial charge in [0.1, 0.15) is 28.8 Å². The second kappa shape index (κ2) is 30.9. The van der Waals surface area contributed by atoms with Gasteiger partial charge in [-0.15, -0.1) is 5.10 Å². The third-order valence-electron chi connectivity index (χ3n) is 14.1. The first-order valence-corrected chi connectivity index (χ1v) is 28.9. The van der Waals surface area contributed by atoms with Gasteiger partial charge < -0.3 is 55.0 Å². The van der Waals surface area contributed by atoms with Gasteiger partial charge in [0.25, 0.3) is 11.5 Å². The van der Waals surface area contributed by atoms with Crippen LogP contribution in [-0.2, 0) is 48.2 Å². The number of halogens is 3. The molecule has 0 aliphatic carbocycles. The van der Waals surface area contributed by atoms with E-state index in [1.54, 1.807) is 48.9 Å². The zero-order valence-corrected chi connectivity index (χ0v) is 49.4. The number of carboxylic acids is 1. The second-order valence-electron chi connectivity index (χ2n) is 20.6. The smallest absolute Gasteiger partial charge is 0.326 e. The molecule has 2 amide bonds. The Balaban J connectivity index is 0.573. The summed E-state index contributed by atoms with van der Waals surface area (Å²) >= 11 is 6.68. The number of benzene rings is 3. The van der Waals surface area contributed by atoms with Crippen LogP contribution in [0.15, 0.2) is 96.3 Å². The van der Waals surface area contributed by atoms with E-state index in [1.807, 2.05) is 35.2 Å². The van der Waals surface area contributed by atoms with Gasteiger partial charge in [-0.3, -0.25) is 24.0 Å². The number of unbranched alkanes of at least 4 members (excludes halogenated alkanes) is 2. The molecular weight excluding hydrogens is 1180 g/mol. The van der Waals surface area contributed by atoms with E-state index in [-0.39, 0.29) is 101 Å². The lowest BCUT2D eigenvalue weighted by molar-refractivity contribution is -0.139. The van der Waals surface area contributed by atoms with E-state index in [9.17, 15) is 33.9 Å². The average molecular weight is 1240 g/mol. The molecule has 2 atom stereocenters. The number of fused-ring (bicyclic) bond motifs is 3. The van der Waals surface area contributed by atoms with Crippen molar-refractivity contribution in [2.45, 2.75) is 77.7 Å². The van der Waals surface area contributed by atoms with Crippen LogP contribution in [0.2, 0.25) is 5.02 Å². The van der Waals surface area contributed by atoms with E-state index in [0.717, 1.165) is 35.7 Å². The molecule has 6 aromatic heterocycles. The van der Waals surface area contributed by atoms with Crippen LogP contribution in [-0.4, -0.2) is 138 Å². The van der Waals surface area contributed by atoms with E-state index >= 15 is 4.39 Å². The zero-order chi connectivity index (χ0) is 62.8. The van der Waals surface area contributed by atoms with E-state index in [0.29, 0.717) is 86.3 Å². The van der Waals surface area contributed by atoms with Crippen LogP contribution in [0.5, 0.6) is 6.01 Å². The molecule has 0 aliphatic rings. The van der Waals surface area contributed by atoms with Crippen LogP contribution in [0.25, 0.3) is 44.1 Å². The summed E-state index contributed by atoms with van der Waals surface area (Å²) in [6, 6.07) is 17.7. The largest absolute Gasteiger partial charge is 0.480 e. The summed E-state index contributed by atoms with van der Waals surface area (Å²) in [5, 5.41) is 37.3. The summed E-state index contributed by atoms with van der Waals surface area (Å²) in [5.41, 5.74) is 10.5. The fourth-order valence-electron chi connectivity index (χ4n) is 9.52. The lowest BCUT2D eigenvalue weighted by Gasteiger charge is -2.20. The number of nitrogens with two attached hydrogens (primary N) is 1. The van der Waals surface area contributed by atoms with E-state index in [4.69, 9.17) is 41.0 Å². The Labute approximate surface area is 512 Å². The molecule has 3 aromatic carbocycles.